The van der Waals surface area contributed by atoms with Crippen LogP contribution in [0.3, 0.4) is 0 Å². The van der Waals surface area contributed by atoms with E-state index in [0.29, 0.717) is 6.61 Å². The Morgan fingerprint density at radius 3 is 2.41 bits per heavy atom. The summed E-state index contributed by atoms with van der Waals surface area (Å²) in [6.45, 7) is 9.76. The molecule has 0 aromatic rings. The lowest BCUT2D eigenvalue weighted by Crippen LogP contribution is -2.19. The van der Waals surface area contributed by atoms with Crippen LogP contribution in [0.2, 0.25) is 0 Å². The first-order valence-corrected chi connectivity index (χ1v) is 8.98. The lowest BCUT2D eigenvalue weighted by atomic mass is 9.94. The molecule has 2 unspecified atom stereocenters. The van der Waals surface area contributed by atoms with E-state index in [1.54, 1.807) is 0 Å². The highest BCUT2D eigenvalue weighted by molar-refractivity contribution is 4.97. The molecule has 0 amide bonds. The highest BCUT2D eigenvalue weighted by Crippen LogP contribution is 2.19. The first-order valence-electron chi connectivity index (χ1n) is 8.98. The second kappa shape index (κ2) is 14.2. The molecule has 0 aliphatic rings. The molecule has 3 heteroatoms. The summed E-state index contributed by atoms with van der Waals surface area (Å²) in [7, 11) is 0. The molecular formula is C19H38O3. The molecule has 3 nitrogen and oxygen atoms in total. The van der Waals surface area contributed by atoms with E-state index >= 15 is 0 Å². The minimum Gasteiger partial charge on any atom is -0.394 e. The van der Waals surface area contributed by atoms with Gasteiger partial charge in [-0.05, 0) is 38.0 Å². The molecule has 2 atom stereocenters. The van der Waals surface area contributed by atoms with Crippen molar-refractivity contribution in [1.29, 1.82) is 0 Å². The Labute approximate surface area is 137 Å². The number of aliphatic hydroxyl groups is 2. The molecule has 0 aromatic heterocycles. The van der Waals surface area contributed by atoms with E-state index in [2.05, 4.69) is 33.8 Å². The summed E-state index contributed by atoms with van der Waals surface area (Å²) < 4.78 is 5.29. The van der Waals surface area contributed by atoms with Crippen LogP contribution < -0.4 is 0 Å². The van der Waals surface area contributed by atoms with Crippen LogP contribution in [0.4, 0.5) is 0 Å². The van der Waals surface area contributed by atoms with Gasteiger partial charge >= 0.3 is 0 Å². The minimum atomic E-state index is -0.748. The lowest BCUT2D eigenvalue weighted by molar-refractivity contribution is 0.00764. The average molecular weight is 315 g/mol. The molecule has 0 saturated heterocycles. The molecule has 0 rings (SSSR count). The van der Waals surface area contributed by atoms with Crippen LogP contribution in [0.5, 0.6) is 0 Å². The van der Waals surface area contributed by atoms with Crippen LogP contribution in [0.15, 0.2) is 11.6 Å². The van der Waals surface area contributed by atoms with Crippen LogP contribution in [0.1, 0.15) is 72.6 Å². The van der Waals surface area contributed by atoms with Gasteiger partial charge in [0.05, 0.1) is 19.8 Å². The van der Waals surface area contributed by atoms with E-state index in [-0.39, 0.29) is 13.2 Å². The van der Waals surface area contributed by atoms with Crippen LogP contribution >= 0.6 is 0 Å². The van der Waals surface area contributed by atoms with Crippen molar-refractivity contribution >= 4 is 0 Å². The van der Waals surface area contributed by atoms with Gasteiger partial charge in [0.2, 0.25) is 0 Å². The van der Waals surface area contributed by atoms with Crippen LogP contribution in [-0.4, -0.2) is 36.1 Å². The monoisotopic (exact) mass is 314 g/mol. The molecule has 0 heterocycles. The molecule has 0 fully saturated rings. The number of ether oxygens (including phenoxy) is 1. The van der Waals surface area contributed by atoms with Gasteiger partial charge < -0.3 is 14.9 Å². The highest BCUT2D eigenvalue weighted by Gasteiger charge is 2.04. The topological polar surface area (TPSA) is 49.7 Å². The second-order valence-electron chi connectivity index (χ2n) is 7.07. The number of allylic oxidation sites excluding steroid dienone is 1. The molecule has 0 aliphatic heterocycles. The van der Waals surface area contributed by atoms with Crippen molar-refractivity contribution in [2.24, 2.45) is 11.8 Å². The fourth-order valence-electron chi connectivity index (χ4n) is 2.51. The standard InChI is InChI=1S/C19H38O3/c1-16(2)8-5-9-17(3)10-6-11-18(4)12-7-13-22-15-19(21)14-20/h12,16-17,19-21H,5-11,13-15H2,1-4H3/b18-12+. The van der Waals surface area contributed by atoms with Crippen molar-refractivity contribution in [3.05, 3.63) is 11.6 Å². The number of hydrogen-bond donors (Lipinski definition) is 2. The Bertz CT molecular complexity index is 274. The predicted octanol–water partition coefficient (Wildman–Crippen LogP) is 4.33. The molecule has 2 N–H and O–H groups in total. The highest BCUT2D eigenvalue weighted by atomic mass is 16.5. The van der Waals surface area contributed by atoms with Crippen LogP contribution in [-0.2, 0) is 4.74 Å². The third-order valence-electron chi connectivity index (χ3n) is 4.02. The largest absolute Gasteiger partial charge is 0.394 e. The van der Waals surface area contributed by atoms with Crippen molar-refractivity contribution < 1.29 is 14.9 Å². The fourth-order valence-corrected chi connectivity index (χ4v) is 2.51. The van der Waals surface area contributed by atoms with Gasteiger partial charge in [-0.3, -0.25) is 0 Å². The minimum absolute atomic E-state index is 0.220. The molecule has 0 saturated carbocycles. The molecule has 0 aliphatic carbocycles. The normalized spacial score (nSPS) is 15.3. The van der Waals surface area contributed by atoms with E-state index < -0.39 is 6.10 Å². The summed E-state index contributed by atoms with van der Waals surface area (Å²) in [4.78, 5) is 0. The van der Waals surface area contributed by atoms with Crippen LogP contribution in [0.25, 0.3) is 0 Å². The van der Waals surface area contributed by atoms with Gasteiger partial charge in [0.15, 0.2) is 0 Å². The van der Waals surface area contributed by atoms with Gasteiger partial charge in [-0.25, -0.2) is 0 Å². The molecular weight excluding hydrogens is 276 g/mol. The Morgan fingerprint density at radius 2 is 1.77 bits per heavy atom. The smallest absolute Gasteiger partial charge is 0.100 e. The molecule has 132 valence electrons. The molecule has 0 bridgehead atoms. The summed E-state index contributed by atoms with van der Waals surface area (Å²) in [5.74, 6) is 1.67. The second-order valence-corrected chi connectivity index (χ2v) is 7.07. The van der Waals surface area contributed by atoms with Crippen molar-refractivity contribution in [3.63, 3.8) is 0 Å². The first kappa shape index (κ1) is 21.6. The zero-order valence-electron chi connectivity index (χ0n) is 15.2. The Morgan fingerprint density at radius 1 is 1.09 bits per heavy atom. The van der Waals surface area contributed by atoms with E-state index in [9.17, 15) is 0 Å². The summed E-state index contributed by atoms with van der Waals surface area (Å²) in [6, 6.07) is 0. The molecule has 0 radical (unpaired) electrons. The molecule has 22 heavy (non-hydrogen) atoms. The summed E-state index contributed by atoms with van der Waals surface area (Å²) in [6.07, 6.45) is 10.2. The Kier molecular flexibility index (Phi) is 14.0. The SMILES string of the molecule is C/C(=C\CCOCC(O)CO)CCCC(C)CCCC(C)C. The number of rotatable bonds is 14. The van der Waals surface area contributed by atoms with Crippen molar-refractivity contribution in [3.8, 4) is 0 Å². The average Bonchev–Trinajstić information content (AvgIpc) is 2.46. The zero-order chi connectivity index (χ0) is 16.8. The van der Waals surface area contributed by atoms with E-state index in [4.69, 9.17) is 14.9 Å². The summed E-state index contributed by atoms with van der Waals surface area (Å²) in [5, 5.41) is 17.8. The predicted molar refractivity (Wildman–Crippen MR) is 94.0 cm³/mol. The molecule has 0 aromatic carbocycles. The van der Waals surface area contributed by atoms with Gasteiger partial charge in [0.1, 0.15) is 6.10 Å². The molecule has 0 spiro atoms. The Hall–Kier alpha value is -0.380. The third-order valence-corrected chi connectivity index (χ3v) is 4.02. The number of hydrogen-bond acceptors (Lipinski definition) is 3. The summed E-state index contributed by atoms with van der Waals surface area (Å²) in [5.41, 5.74) is 1.43. The summed E-state index contributed by atoms with van der Waals surface area (Å²) >= 11 is 0. The maximum Gasteiger partial charge on any atom is 0.100 e. The van der Waals surface area contributed by atoms with Crippen molar-refractivity contribution in [2.45, 2.75) is 78.7 Å². The zero-order valence-corrected chi connectivity index (χ0v) is 15.2. The number of aliphatic hydroxyl groups excluding tert-OH is 2. The first-order chi connectivity index (χ1) is 10.5. The fraction of sp³-hybridized carbons (Fsp3) is 0.895. The van der Waals surface area contributed by atoms with E-state index in [1.165, 1.54) is 44.1 Å². The van der Waals surface area contributed by atoms with Crippen molar-refractivity contribution in [1.82, 2.24) is 0 Å². The van der Waals surface area contributed by atoms with Crippen molar-refractivity contribution in [2.75, 3.05) is 19.8 Å². The van der Waals surface area contributed by atoms with E-state index in [1.807, 2.05) is 0 Å². The maximum absolute atomic E-state index is 9.14. The lowest BCUT2D eigenvalue weighted by Gasteiger charge is -2.12. The Balaban J connectivity index is 3.54. The third kappa shape index (κ3) is 14.6. The van der Waals surface area contributed by atoms with Gasteiger partial charge in [0, 0.05) is 0 Å². The van der Waals surface area contributed by atoms with Gasteiger partial charge in [-0.15, -0.1) is 0 Å². The van der Waals surface area contributed by atoms with Crippen LogP contribution in [0, 0.1) is 11.8 Å². The van der Waals surface area contributed by atoms with Gasteiger partial charge in [0.25, 0.3) is 0 Å². The van der Waals surface area contributed by atoms with Gasteiger partial charge in [-0.2, -0.15) is 0 Å². The quantitative estimate of drug-likeness (QED) is 0.371. The maximum atomic E-state index is 9.14. The van der Waals surface area contributed by atoms with E-state index in [0.717, 1.165) is 18.3 Å². The van der Waals surface area contributed by atoms with Gasteiger partial charge in [-0.1, -0.05) is 58.1 Å².